The molecule has 2 aromatic rings. The van der Waals surface area contributed by atoms with Crippen molar-refractivity contribution in [2.45, 2.75) is 58.4 Å². The van der Waals surface area contributed by atoms with Crippen molar-refractivity contribution in [3.63, 3.8) is 0 Å². The first kappa shape index (κ1) is 18.9. The highest BCUT2D eigenvalue weighted by Gasteiger charge is 2.29. The van der Waals surface area contributed by atoms with Crippen LogP contribution in [0.15, 0.2) is 30.3 Å². The minimum absolute atomic E-state index is 0.119. The lowest BCUT2D eigenvalue weighted by Crippen LogP contribution is -2.43. The van der Waals surface area contributed by atoms with E-state index in [0.29, 0.717) is 0 Å². The van der Waals surface area contributed by atoms with Gasteiger partial charge in [0.2, 0.25) is 5.91 Å². The number of fused-ring (bicyclic) bond motifs is 1. The molecule has 1 aromatic carbocycles. The van der Waals surface area contributed by atoms with Crippen LogP contribution >= 0.6 is 0 Å². The summed E-state index contributed by atoms with van der Waals surface area (Å²) >= 11 is 0. The number of hydrogen-bond acceptors (Lipinski definition) is 4. The fraction of sp³-hybridized carbons (Fsp3) is 0.522. The third-order valence-corrected chi connectivity index (χ3v) is 6.11. The Hall–Kier alpha value is -2.43. The Balaban J connectivity index is 1.52. The van der Waals surface area contributed by atoms with E-state index < -0.39 is 0 Å². The number of hydrogen-bond donors (Lipinski definition) is 1. The van der Waals surface area contributed by atoms with Gasteiger partial charge in [-0.3, -0.25) is 4.79 Å². The Morgan fingerprint density at radius 3 is 2.64 bits per heavy atom. The second-order valence-corrected chi connectivity index (χ2v) is 8.09. The molecule has 0 radical (unpaired) electrons. The van der Waals surface area contributed by atoms with E-state index in [-0.39, 0.29) is 17.9 Å². The van der Waals surface area contributed by atoms with Crippen molar-refractivity contribution in [3.8, 4) is 11.4 Å². The van der Waals surface area contributed by atoms with E-state index in [4.69, 9.17) is 9.97 Å². The average molecular weight is 379 g/mol. The molecule has 0 saturated carbocycles. The maximum atomic E-state index is 12.5. The highest BCUT2D eigenvalue weighted by atomic mass is 16.1. The standard InChI is InChI=1S/C23H30N4O/c1-3-16(2)24-23(28)18-12-14-27(15-13-18)22-19-10-7-11-20(19)25-21(26-22)17-8-5-4-6-9-17/h4-6,8-9,16,18H,3,7,10-15H2,1-2H3,(H,24,28)/t16-/m1/s1. The molecule has 1 aromatic heterocycles. The summed E-state index contributed by atoms with van der Waals surface area (Å²) in [6.45, 7) is 5.95. The van der Waals surface area contributed by atoms with Crippen LogP contribution in [0.1, 0.15) is 50.8 Å². The van der Waals surface area contributed by atoms with E-state index >= 15 is 0 Å². The van der Waals surface area contributed by atoms with Gasteiger partial charge in [-0.05, 0) is 45.4 Å². The number of nitrogens with zero attached hydrogens (tertiary/aromatic N) is 3. The molecule has 5 heteroatoms. The van der Waals surface area contributed by atoms with E-state index in [0.717, 1.165) is 68.8 Å². The summed E-state index contributed by atoms with van der Waals surface area (Å²) in [6, 6.07) is 10.5. The number of aryl methyl sites for hydroxylation is 1. The van der Waals surface area contributed by atoms with E-state index in [1.54, 1.807) is 0 Å². The Morgan fingerprint density at radius 2 is 1.93 bits per heavy atom. The van der Waals surface area contributed by atoms with Crippen molar-refractivity contribution in [1.82, 2.24) is 15.3 Å². The number of anilines is 1. The monoisotopic (exact) mass is 378 g/mol. The topological polar surface area (TPSA) is 58.1 Å². The number of rotatable bonds is 5. The van der Waals surface area contributed by atoms with Crippen molar-refractivity contribution in [1.29, 1.82) is 0 Å². The van der Waals surface area contributed by atoms with Crippen LogP contribution in [0, 0.1) is 5.92 Å². The van der Waals surface area contributed by atoms with Gasteiger partial charge in [-0.25, -0.2) is 9.97 Å². The minimum atomic E-state index is 0.119. The van der Waals surface area contributed by atoms with Gasteiger partial charge in [0.1, 0.15) is 5.82 Å². The third kappa shape index (κ3) is 3.89. The molecular weight excluding hydrogens is 348 g/mol. The minimum Gasteiger partial charge on any atom is -0.356 e. The van der Waals surface area contributed by atoms with Crippen molar-refractivity contribution >= 4 is 11.7 Å². The van der Waals surface area contributed by atoms with Crippen LogP contribution in [0.5, 0.6) is 0 Å². The number of carbonyl (C=O) groups excluding carboxylic acids is 1. The lowest BCUT2D eigenvalue weighted by Gasteiger charge is -2.33. The molecular formula is C23H30N4O. The van der Waals surface area contributed by atoms with E-state index in [1.807, 2.05) is 18.2 Å². The second-order valence-electron chi connectivity index (χ2n) is 8.09. The van der Waals surface area contributed by atoms with E-state index in [2.05, 4.69) is 36.2 Å². The number of benzene rings is 1. The normalized spacial score (nSPS) is 18.0. The molecule has 4 rings (SSSR count). The molecule has 1 fully saturated rings. The van der Waals surface area contributed by atoms with Gasteiger partial charge in [-0.1, -0.05) is 37.3 Å². The van der Waals surface area contributed by atoms with Crippen LogP contribution in [0.2, 0.25) is 0 Å². The summed E-state index contributed by atoms with van der Waals surface area (Å²) in [7, 11) is 0. The average Bonchev–Trinajstić information content (AvgIpc) is 3.22. The van der Waals surface area contributed by atoms with Gasteiger partial charge in [0, 0.05) is 41.9 Å². The van der Waals surface area contributed by atoms with Crippen LogP contribution < -0.4 is 10.2 Å². The highest BCUT2D eigenvalue weighted by Crippen LogP contribution is 2.33. The predicted molar refractivity (Wildman–Crippen MR) is 112 cm³/mol. The summed E-state index contributed by atoms with van der Waals surface area (Å²) in [6.07, 6.45) is 6.01. The van der Waals surface area contributed by atoms with Crippen LogP contribution in [-0.2, 0) is 17.6 Å². The van der Waals surface area contributed by atoms with Gasteiger partial charge in [0.25, 0.3) is 0 Å². The molecule has 2 heterocycles. The van der Waals surface area contributed by atoms with E-state index in [1.165, 1.54) is 11.3 Å². The number of aromatic nitrogens is 2. The van der Waals surface area contributed by atoms with Crippen LogP contribution in [0.3, 0.4) is 0 Å². The molecule has 5 nitrogen and oxygen atoms in total. The number of amides is 1. The summed E-state index contributed by atoms with van der Waals surface area (Å²) in [5.41, 5.74) is 3.60. The van der Waals surface area contributed by atoms with Crippen LogP contribution in [0.4, 0.5) is 5.82 Å². The summed E-state index contributed by atoms with van der Waals surface area (Å²) in [5.74, 6) is 2.26. The van der Waals surface area contributed by atoms with Gasteiger partial charge in [-0.15, -0.1) is 0 Å². The first-order valence-electron chi connectivity index (χ1n) is 10.7. The predicted octanol–water partition coefficient (Wildman–Crippen LogP) is 3.76. The zero-order chi connectivity index (χ0) is 19.5. The molecule has 1 aliphatic carbocycles. The molecule has 1 aliphatic heterocycles. The SMILES string of the molecule is CC[C@@H](C)NC(=O)C1CCN(c2nc(-c3ccccc3)nc3c2CCC3)CC1. The third-order valence-electron chi connectivity index (χ3n) is 6.11. The Bertz CT molecular complexity index is 828. The number of carbonyl (C=O) groups is 1. The molecule has 0 spiro atoms. The van der Waals surface area contributed by atoms with E-state index in [9.17, 15) is 4.79 Å². The van der Waals surface area contributed by atoms with Crippen molar-refractivity contribution < 1.29 is 4.79 Å². The molecule has 0 bridgehead atoms. The first-order valence-corrected chi connectivity index (χ1v) is 10.7. The van der Waals surface area contributed by atoms with Gasteiger partial charge in [-0.2, -0.15) is 0 Å². The van der Waals surface area contributed by atoms with Crippen LogP contribution in [0.25, 0.3) is 11.4 Å². The smallest absolute Gasteiger partial charge is 0.223 e. The summed E-state index contributed by atoms with van der Waals surface area (Å²) in [5, 5.41) is 3.14. The fourth-order valence-corrected chi connectivity index (χ4v) is 4.21. The maximum absolute atomic E-state index is 12.5. The Labute approximate surface area is 167 Å². The number of nitrogens with one attached hydrogen (secondary N) is 1. The highest BCUT2D eigenvalue weighted by molar-refractivity contribution is 5.79. The fourth-order valence-electron chi connectivity index (χ4n) is 4.21. The lowest BCUT2D eigenvalue weighted by atomic mass is 9.95. The summed E-state index contributed by atoms with van der Waals surface area (Å²) < 4.78 is 0. The zero-order valence-corrected chi connectivity index (χ0v) is 16.9. The van der Waals surface area contributed by atoms with Crippen molar-refractivity contribution in [2.24, 2.45) is 5.92 Å². The van der Waals surface area contributed by atoms with Gasteiger partial charge in [0.15, 0.2) is 5.82 Å². The quantitative estimate of drug-likeness (QED) is 0.861. The summed E-state index contributed by atoms with van der Waals surface area (Å²) in [4.78, 5) is 24.7. The molecule has 1 N–H and O–H groups in total. The number of piperidine rings is 1. The molecule has 2 aliphatic rings. The molecule has 1 saturated heterocycles. The first-order chi connectivity index (χ1) is 13.7. The van der Waals surface area contributed by atoms with Crippen molar-refractivity contribution in [2.75, 3.05) is 18.0 Å². The zero-order valence-electron chi connectivity index (χ0n) is 16.9. The van der Waals surface area contributed by atoms with Crippen molar-refractivity contribution in [3.05, 3.63) is 41.6 Å². The van der Waals surface area contributed by atoms with Gasteiger partial charge >= 0.3 is 0 Å². The van der Waals surface area contributed by atoms with Crippen LogP contribution in [-0.4, -0.2) is 35.0 Å². The molecule has 1 atom stereocenters. The molecule has 28 heavy (non-hydrogen) atoms. The molecule has 1 amide bonds. The Morgan fingerprint density at radius 1 is 1.18 bits per heavy atom. The largest absolute Gasteiger partial charge is 0.356 e. The lowest BCUT2D eigenvalue weighted by molar-refractivity contribution is -0.126. The Kier molecular flexibility index (Phi) is 5.60. The van der Waals surface area contributed by atoms with Gasteiger partial charge in [0.05, 0.1) is 0 Å². The maximum Gasteiger partial charge on any atom is 0.223 e. The second kappa shape index (κ2) is 8.29. The molecule has 0 unspecified atom stereocenters. The molecule has 148 valence electrons. The van der Waals surface area contributed by atoms with Gasteiger partial charge < -0.3 is 10.2 Å².